The Hall–Kier alpha value is -2.80. The Bertz CT molecular complexity index is 1040. The first-order valence-corrected chi connectivity index (χ1v) is 8.98. The monoisotopic (exact) mass is 350 g/mol. The number of amides is 2. The van der Waals surface area contributed by atoms with E-state index in [9.17, 15) is 9.59 Å². The van der Waals surface area contributed by atoms with E-state index >= 15 is 0 Å². The fourth-order valence-corrected chi connectivity index (χ4v) is 3.88. The highest BCUT2D eigenvalue weighted by atomic mass is 32.1. The second-order valence-electron chi connectivity index (χ2n) is 6.42. The summed E-state index contributed by atoms with van der Waals surface area (Å²) < 4.78 is 1.01. The zero-order chi connectivity index (χ0) is 17.0. The quantitative estimate of drug-likeness (QED) is 0.760. The molecule has 2 N–H and O–H groups in total. The number of hydrogen-bond donors (Lipinski definition) is 2. The van der Waals surface area contributed by atoms with E-state index < -0.39 is 0 Å². The molecule has 3 heterocycles. The Labute approximate surface area is 147 Å². The maximum atomic E-state index is 11.9. The molecule has 124 valence electrons. The zero-order valence-electron chi connectivity index (χ0n) is 13.2. The molecule has 2 aliphatic rings. The van der Waals surface area contributed by atoms with Crippen molar-refractivity contribution in [2.24, 2.45) is 5.92 Å². The molecule has 6 nitrogen and oxygen atoms in total. The second-order valence-corrected chi connectivity index (χ2v) is 7.45. The number of benzene rings is 1. The molecule has 0 unspecified atom stereocenters. The van der Waals surface area contributed by atoms with Gasteiger partial charge in [-0.3, -0.25) is 9.59 Å². The lowest BCUT2D eigenvalue weighted by molar-refractivity contribution is -0.117. The van der Waals surface area contributed by atoms with Gasteiger partial charge in [0.1, 0.15) is 5.82 Å². The summed E-state index contributed by atoms with van der Waals surface area (Å²) in [6.45, 7) is 0. The number of pyridine rings is 1. The first-order valence-electron chi connectivity index (χ1n) is 8.16. The van der Waals surface area contributed by atoms with Crippen molar-refractivity contribution in [2.45, 2.75) is 19.3 Å². The third-order valence-electron chi connectivity index (χ3n) is 4.48. The predicted octanol–water partition coefficient (Wildman–Crippen LogP) is 3.20. The zero-order valence-corrected chi connectivity index (χ0v) is 14.0. The summed E-state index contributed by atoms with van der Waals surface area (Å²) >= 11 is 1.48. The summed E-state index contributed by atoms with van der Waals surface area (Å²) in [7, 11) is 0. The molecule has 1 aliphatic heterocycles. The van der Waals surface area contributed by atoms with Crippen molar-refractivity contribution in [3.05, 3.63) is 36.0 Å². The molecular formula is C18H14N4O2S. The molecular weight excluding hydrogens is 336 g/mol. The van der Waals surface area contributed by atoms with Crippen LogP contribution in [0.1, 0.15) is 18.4 Å². The van der Waals surface area contributed by atoms with Crippen molar-refractivity contribution in [1.29, 1.82) is 0 Å². The molecule has 1 fully saturated rings. The minimum atomic E-state index is -0.0198. The van der Waals surface area contributed by atoms with Crippen molar-refractivity contribution in [1.82, 2.24) is 9.97 Å². The Morgan fingerprint density at radius 2 is 2.12 bits per heavy atom. The average molecular weight is 350 g/mol. The van der Waals surface area contributed by atoms with Crippen LogP contribution in [0, 0.1) is 5.92 Å². The lowest BCUT2D eigenvalue weighted by atomic mass is 10.1. The van der Waals surface area contributed by atoms with Gasteiger partial charge in [0.25, 0.3) is 0 Å². The van der Waals surface area contributed by atoms with E-state index in [0.29, 0.717) is 17.4 Å². The summed E-state index contributed by atoms with van der Waals surface area (Å²) in [6.07, 6.45) is 4.09. The summed E-state index contributed by atoms with van der Waals surface area (Å²) in [5.41, 5.74) is 3.77. The summed E-state index contributed by atoms with van der Waals surface area (Å²) in [4.78, 5) is 32.2. The van der Waals surface area contributed by atoms with E-state index in [1.54, 1.807) is 6.20 Å². The highest BCUT2D eigenvalue weighted by molar-refractivity contribution is 7.22. The van der Waals surface area contributed by atoms with Crippen molar-refractivity contribution < 1.29 is 9.59 Å². The Kier molecular flexibility index (Phi) is 3.11. The van der Waals surface area contributed by atoms with Crippen molar-refractivity contribution >= 4 is 44.3 Å². The summed E-state index contributed by atoms with van der Waals surface area (Å²) in [5.74, 6) is 0.863. The molecule has 0 saturated heterocycles. The number of nitrogens with one attached hydrogen (secondary N) is 2. The van der Waals surface area contributed by atoms with Crippen LogP contribution in [0.25, 0.3) is 21.3 Å². The molecule has 2 aromatic heterocycles. The Morgan fingerprint density at radius 1 is 1.24 bits per heavy atom. The van der Waals surface area contributed by atoms with Crippen LogP contribution in [0.2, 0.25) is 0 Å². The maximum Gasteiger partial charge on any atom is 0.230 e. The molecule has 0 radical (unpaired) electrons. The van der Waals surface area contributed by atoms with Gasteiger partial charge in [-0.1, -0.05) is 17.4 Å². The van der Waals surface area contributed by atoms with Gasteiger partial charge in [-0.25, -0.2) is 9.97 Å². The van der Waals surface area contributed by atoms with E-state index in [1.165, 1.54) is 11.3 Å². The number of thiazole rings is 1. The topological polar surface area (TPSA) is 84.0 Å². The number of hydrogen-bond acceptors (Lipinski definition) is 5. The number of rotatable bonds is 3. The van der Waals surface area contributed by atoms with E-state index in [2.05, 4.69) is 20.6 Å². The van der Waals surface area contributed by atoms with E-state index in [0.717, 1.165) is 39.7 Å². The molecule has 25 heavy (non-hydrogen) atoms. The number of anilines is 2. The van der Waals surface area contributed by atoms with Crippen LogP contribution in [0.4, 0.5) is 10.9 Å². The van der Waals surface area contributed by atoms with E-state index in [-0.39, 0.29) is 17.7 Å². The lowest BCUT2D eigenvalue weighted by Gasteiger charge is -2.03. The highest BCUT2D eigenvalue weighted by Gasteiger charge is 2.30. The SMILES string of the molecule is O=C1Cc2cc(-c3ccc4nc(NC(=O)C5CC5)sc4c3)cnc2N1. The first kappa shape index (κ1) is 14.5. The Balaban J connectivity index is 1.47. The highest BCUT2D eigenvalue weighted by Crippen LogP contribution is 2.34. The number of carbonyl (C=O) groups excluding carboxylic acids is 2. The molecule has 0 bridgehead atoms. The predicted molar refractivity (Wildman–Crippen MR) is 96.5 cm³/mol. The number of nitrogens with zero attached hydrogens (tertiary/aromatic N) is 2. The molecule has 1 aromatic carbocycles. The molecule has 1 aliphatic carbocycles. The van der Waals surface area contributed by atoms with Gasteiger partial charge in [0.05, 0.1) is 16.6 Å². The van der Waals surface area contributed by atoms with Crippen LogP contribution in [0.15, 0.2) is 30.5 Å². The molecule has 0 atom stereocenters. The fraction of sp³-hybridized carbons (Fsp3) is 0.222. The largest absolute Gasteiger partial charge is 0.310 e. The number of aromatic nitrogens is 2. The third-order valence-corrected chi connectivity index (χ3v) is 5.41. The van der Waals surface area contributed by atoms with Gasteiger partial charge >= 0.3 is 0 Å². The van der Waals surface area contributed by atoms with Crippen LogP contribution in [-0.2, 0) is 16.0 Å². The normalized spacial score (nSPS) is 15.9. The van der Waals surface area contributed by atoms with Crippen molar-refractivity contribution in [3.63, 3.8) is 0 Å². The van der Waals surface area contributed by atoms with Crippen LogP contribution in [-0.4, -0.2) is 21.8 Å². The minimum absolute atomic E-state index is 0.0198. The maximum absolute atomic E-state index is 11.9. The minimum Gasteiger partial charge on any atom is -0.310 e. The first-order chi connectivity index (χ1) is 12.2. The molecule has 5 rings (SSSR count). The number of carbonyl (C=O) groups is 2. The Morgan fingerprint density at radius 3 is 2.96 bits per heavy atom. The van der Waals surface area contributed by atoms with Crippen molar-refractivity contribution in [3.8, 4) is 11.1 Å². The second kappa shape index (κ2) is 5.35. The average Bonchev–Trinajstić information content (AvgIpc) is 3.27. The van der Waals surface area contributed by atoms with Crippen LogP contribution in [0.5, 0.6) is 0 Å². The van der Waals surface area contributed by atoms with Gasteiger partial charge in [-0.2, -0.15) is 0 Å². The molecule has 3 aromatic rings. The van der Waals surface area contributed by atoms with Gasteiger partial charge in [-0.05, 0) is 36.6 Å². The molecule has 2 amide bonds. The van der Waals surface area contributed by atoms with Gasteiger partial charge in [-0.15, -0.1) is 0 Å². The third kappa shape index (κ3) is 2.66. The smallest absolute Gasteiger partial charge is 0.230 e. The van der Waals surface area contributed by atoms with Crippen LogP contribution >= 0.6 is 11.3 Å². The summed E-state index contributed by atoms with van der Waals surface area (Å²) in [6, 6.07) is 7.98. The molecule has 0 spiro atoms. The standard InChI is InChI=1S/C18H14N4O2S/c23-15-7-11-5-12(8-19-16(11)21-15)10-3-4-13-14(6-10)25-18(20-13)22-17(24)9-1-2-9/h3-6,8-9H,1-2,7H2,(H,19,21,23)(H,20,22,24). The molecule has 7 heteroatoms. The van der Waals surface area contributed by atoms with Gasteiger partial charge < -0.3 is 10.6 Å². The number of fused-ring (bicyclic) bond motifs is 2. The fourth-order valence-electron chi connectivity index (χ4n) is 2.98. The lowest BCUT2D eigenvalue weighted by Crippen LogP contribution is -2.12. The van der Waals surface area contributed by atoms with Gasteiger partial charge in [0, 0.05) is 23.2 Å². The van der Waals surface area contributed by atoms with Crippen molar-refractivity contribution in [2.75, 3.05) is 10.6 Å². The van der Waals surface area contributed by atoms with Gasteiger partial charge in [0.2, 0.25) is 11.8 Å². The van der Waals surface area contributed by atoms with Crippen LogP contribution in [0.3, 0.4) is 0 Å². The van der Waals surface area contributed by atoms with Crippen LogP contribution < -0.4 is 10.6 Å². The molecule has 1 saturated carbocycles. The van der Waals surface area contributed by atoms with E-state index in [4.69, 9.17) is 0 Å². The summed E-state index contributed by atoms with van der Waals surface area (Å²) in [5, 5.41) is 6.29. The van der Waals surface area contributed by atoms with Gasteiger partial charge in [0.15, 0.2) is 5.13 Å². The van der Waals surface area contributed by atoms with E-state index in [1.807, 2.05) is 24.3 Å².